The van der Waals surface area contributed by atoms with Gasteiger partial charge in [0.2, 0.25) is 17.7 Å². The Labute approximate surface area is 244 Å². The number of likely N-dealkylation sites (N-methyl/N-ethyl adjacent to an activating group) is 1. The molecule has 1 amide bonds. The minimum atomic E-state index is -0.0912. The first-order valence-electron chi connectivity index (χ1n) is 14.0. The number of para-hydroxylation sites is 1. The number of pyridine rings is 1. The van der Waals surface area contributed by atoms with Crippen molar-refractivity contribution in [1.82, 2.24) is 24.8 Å². The van der Waals surface area contributed by atoms with E-state index >= 15 is 0 Å². The summed E-state index contributed by atoms with van der Waals surface area (Å²) in [7, 11) is 2.12. The number of nitrogens with two attached hydrogens (primary N) is 1. The van der Waals surface area contributed by atoms with Crippen molar-refractivity contribution in [2.45, 2.75) is 19.9 Å². The van der Waals surface area contributed by atoms with E-state index in [1.54, 1.807) is 11.1 Å². The molecule has 2 N–H and O–H groups in total. The van der Waals surface area contributed by atoms with E-state index < -0.39 is 0 Å². The van der Waals surface area contributed by atoms with Gasteiger partial charge in [0, 0.05) is 62.0 Å². The number of ether oxygens (including phenoxy) is 1. The molecule has 10 heteroatoms. The molecule has 1 saturated heterocycles. The first-order chi connectivity index (χ1) is 20.4. The highest BCUT2D eigenvalue weighted by atomic mass is 16.5. The Kier molecular flexibility index (Phi) is 7.19. The Bertz CT molecular complexity index is 1750. The largest absolute Gasteiger partial charge is 0.436 e. The molecular formula is C32H32N8O2. The van der Waals surface area contributed by atoms with Crippen molar-refractivity contribution in [3.05, 3.63) is 77.5 Å². The van der Waals surface area contributed by atoms with Crippen molar-refractivity contribution in [1.29, 1.82) is 5.26 Å². The Morgan fingerprint density at radius 2 is 1.90 bits per heavy atom. The molecule has 1 fully saturated rings. The van der Waals surface area contributed by atoms with Crippen molar-refractivity contribution in [2.75, 3.05) is 50.4 Å². The molecular weight excluding hydrogens is 528 g/mol. The lowest BCUT2D eigenvalue weighted by molar-refractivity contribution is -0.126. The van der Waals surface area contributed by atoms with E-state index in [0.29, 0.717) is 54.6 Å². The second-order valence-electron chi connectivity index (χ2n) is 10.7. The van der Waals surface area contributed by atoms with E-state index in [0.717, 1.165) is 41.7 Å². The number of hydrogen-bond donors (Lipinski definition) is 1. The van der Waals surface area contributed by atoms with Gasteiger partial charge >= 0.3 is 0 Å². The molecule has 0 saturated carbocycles. The fraction of sp³-hybridized carbons (Fsp3) is 0.281. The van der Waals surface area contributed by atoms with Gasteiger partial charge in [-0.2, -0.15) is 10.2 Å². The van der Waals surface area contributed by atoms with Crippen LogP contribution in [0.25, 0.3) is 22.2 Å². The second kappa shape index (κ2) is 11.1. The lowest BCUT2D eigenvalue weighted by Gasteiger charge is -2.37. The van der Waals surface area contributed by atoms with Crippen LogP contribution < -0.4 is 15.4 Å². The molecule has 0 spiro atoms. The average Bonchev–Trinajstić information content (AvgIpc) is 3.01. The fourth-order valence-corrected chi connectivity index (χ4v) is 5.85. The van der Waals surface area contributed by atoms with E-state index in [1.165, 1.54) is 17.2 Å². The smallest absolute Gasteiger partial charge is 0.246 e. The molecule has 0 atom stereocenters. The van der Waals surface area contributed by atoms with Crippen molar-refractivity contribution in [2.24, 2.45) is 0 Å². The maximum Gasteiger partial charge on any atom is 0.246 e. The lowest BCUT2D eigenvalue weighted by atomic mass is 9.90. The zero-order chi connectivity index (χ0) is 29.4. The number of nitrogen functional groups attached to an aromatic ring is 1. The van der Waals surface area contributed by atoms with Crippen LogP contribution in [0.2, 0.25) is 0 Å². The third kappa shape index (κ3) is 4.88. The van der Waals surface area contributed by atoms with Crippen LogP contribution in [0, 0.1) is 18.3 Å². The van der Waals surface area contributed by atoms with Crippen LogP contribution in [0.5, 0.6) is 11.6 Å². The predicted molar refractivity (Wildman–Crippen MR) is 162 cm³/mol. The molecule has 2 aromatic heterocycles. The zero-order valence-corrected chi connectivity index (χ0v) is 23.8. The average molecular weight is 561 g/mol. The van der Waals surface area contributed by atoms with Gasteiger partial charge in [-0.05, 0) is 43.7 Å². The van der Waals surface area contributed by atoms with Crippen LogP contribution in [0.15, 0.2) is 55.3 Å². The zero-order valence-electron chi connectivity index (χ0n) is 23.8. The van der Waals surface area contributed by atoms with Gasteiger partial charge in [-0.15, -0.1) is 0 Å². The number of hydrogen-bond acceptors (Lipinski definition) is 9. The van der Waals surface area contributed by atoms with Gasteiger partial charge in [0.1, 0.15) is 17.1 Å². The maximum atomic E-state index is 12.3. The normalized spacial score (nSPS) is 15.3. The third-order valence-corrected chi connectivity index (χ3v) is 8.01. The highest BCUT2D eigenvalue weighted by Crippen LogP contribution is 2.42. The highest BCUT2D eigenvalue weighted by Gasteiger charge is 2.28. The van der Waals surface area contributed by atoms with Gasteiger partial charge in [-0.1, -0.05) is 36.9 Å². The summed E-state index contributed by atoms with van der Waals surface area (Å²) < 4.78 is 6.33. The molecule has 0 radical (unpaired) electrons. The number of nitrogens with zero attached hydrogens (tertiary/aromatic N) is 7. The number of benzene rings is 2. The van der Waals surface area contributed by atoms with Gasteiger partial charge in [-0.3, -0.25) is 4.79 Å². The summed E-state index contributed by atoms with van der Waals surface area (Å²) in [6.07, 6.45) is 3.83. The Balaban J connectivity index is 1.57. The number of aromatic nitrogens is 3. The van der Waals surface area contributed by atoms with E-state index in [9.17, 15) is 10.1 Å². The number of nitriles is 1. The molecule has 2 aliphatic heterocycles. The number of aryl methyl sites for hydroxylation is 1. The first-order valence-corrected chi connectivity index (χ1v) is 14.0. The monoisotopic (exact) mass is 560 g/mol. The summed E-state index contributed by atoms with van der Waals surface area (Å²) >= 11 is 0. The van der Waals surface area contributed by atoms with Crippen molar-refractivity contribution >= 4 is 28.4 Å². The third-order valence-electron chi connectivity index (χ3n) is 8.01. The summed E-state index contributed by atoms with van der Waals surface area (Å²) in [6.45, 7) is 9.44. The molecule has 0 unspecified atom stereocenters. The van der Waals surface area contributed by atoms with E-state index in [-0.39, 0.29) is 11.9 Å². The SMILES string of the molecule is C=CC(=O)N1CCN(c2c(C#N)c(-c3cccc4c3CCN(C)C4)nc3c(Oc4nc(N)ncc4C)cccc23)CC1. The van der Waals surface area contributed by atoms with Crippen LogP contribution in [-0.4, -0.2) is 70.4 Å². The summed E-state index contributed by atoms with van der Waals surface area (Å²) in [5, 5.41) is 11.5. The molecule has 4 heterocycles. The Morgan fingerprint density at radius 1 is 1.12 bits per heavy atom. The number of amides is 1. The summed E-state index contributed by atoms with van der Waals surface area (Å²) in [5.74, 6) is 0.878. The quantitative estimate of drug-likeness (QED) is 0.360. The predicted octanol–water partition coefficient (Wildman–Crippen LogP) is 4.07. The van der Waals surface area contributed by atoms with Crippen LogP contribution in [-0.2, 0) is 17.8 Å². The Morgan fingerprint density at radius 3 is 2.67 bits per heavy atom. The molecule has 42 heavy (non-hydrogen) atoms. The number of piperazine rings is 1. The van der Waals surface area contributed by atoms with Crippen molar-refractivity contribution in [3.8, 4) is 29.0 Å². The van der Waals surface area contributed by atoms with Gasteiger partial charge in [0.15, 0.2) is 5.75 Å². The van der Waals surface area contributed by atoms with E-state index in [4.69, 9.17) is 15.5 Å². The van der Waals surface area contributed by atoms with Crippen LogP contribution in [0.1, 0.15) is 22.3 Å². The van der Waals surface area contributed by atoms with Crippen molar-refractivity contribution in [3.63, 3.8) is 0 Å². The van der Waals surface area contributed by atoms with Crippen LogP contribution in [0.3, 0.4) is 0 Å². The van der Waals surface area contributed by atoms with Gasteiger partial charge in [-0.25, -0.2) is 9.97 Å². The molecule has 0 bridgehead atoms. The molecule has 10 nitrogen and oxygen atoms in total. The van der Waals surface area contributed by atoms with E-state index in [2.05, 4.69) is 51.6 Å². The molecule has 4 aromatic rings. The first kappa shape index (κ1) is 27.2. The van der Waals surface area contributed by atoms with Gasteiger partial charge in [0.05, 0.1) is 11.4 Å². The maximum absolute atomic E-state index is 12.3. The summed E-state index contributed by atoms with van der Waals surface area (Å²) in [6, 6.07) is 14.5. The Hall–Kier alpha value is -5.01. The fourth-order valence-electron chi connectivity index (χ4n) is 5.85. The number of anilines is 2. The number of carbonyl (C=O) groups is 1. The summed E-state index contributed by atoms with van der Waals surface area (Å²) in [4.78, 5) is 32.1. The number of rotatable bonds is 5. The minimum Gasteiger partial charge on any atom is -0.436 e. The number of carbonyl (C=O) groups excluding carboxylic acids is 1. The minimum absolute atomic E-state index is 0.0912. The van der Waals surface area contributed by atoms with Crippen LogP contribution in [0.4, 0.5) is 11.6 Å². The summed E-state index contributed by atoms with van der Waals surface area (Å²) in [5.41, 5.74) is 12.6. The van der Waals surface area contributed by atoms with E-state index in [1.807, 2.05) is 31.2 Å². The molecule has 2 aliphatic rings. The topological polar surface area (TPSA) is 124 Å². The molecule has 2 aromatic carbocycles. The molecule has 212 valence electrons. The standard InChI is InChI=1S/C32H32N8O2/c1-4-27(41)39-13-15-40(16-14-39)30-24-9-6-10-26(42-31-20(2)18-35-32(34)37-31)29(24)36-28(25(30)17-33)23-8-5-7-21-19-38(3)12-11-22(21)23/h4-10,18H,1,11-16,19H2,2-3H3,(H2,34,35,37). The lowest BCUT2D eigenvalue weighted by Crippen LogP contribution is -2.48. The van der Waals surface area contributed by atoms with Gasteiger partial charge in [0.25, 0.3) is 0 Å². The molecule has 0 aliphatic carbocycles. The number of fused-ring (bicyclic) bond motifs is 2. The molecule has 6 rings (SSSR count). The van der Waals surface area contributed by atoms with Crippen LogP contribution >= 0.6 is 0 Å². The van der Waals surface area contributed by atoms with Crippen molar-refractivity contribution < 1.29 is 9.53 Å². The second-order valence-corrected chi connectivity index (χ2v) is 10.7. The highest BCUT2D eigenvalue weighted by molar-refractivity contribution is 6.01. The van der Waals surface area contributed by atoms with Gasteiger partial charge < -0.3 is 25.2 Å².